The molecule has 1 saturated heterocycles. The summed E-state index contributed by atoms with van der Waals surface area (Å²) in [4.78, 5) is 12.8. The molecule has 0 saturated carbocycles. The van der Waals surface area contributed by atoms with E-state index >= 15 is 0 Å². The van der Waals surface area contributed by atoms with Crippen LogP contribution in [0.5, 0.6) is 0 Å². The third-order valence-electron chi connectivity index (χ3n) is 4.63. The summed E-state index contributed by atoms with van der Waals surface area (Å²) in [6, 6.07) is 5.56. The molecule has 0 amide bonds. The summed E-state index contributed by atoms with van der Waals surface area (Å²) in [7, 11) is 0. The topological polar surface area (TPSA) is 114 Å². The highest BCUT2D eigenvalue weighted by atomic mass is 16.6. The fourth-order valence-corrected chi connectivity index (χ4v) is 3.28. The fraction of sp³-hybridized carbons (Fsp3) is 0.353. The van der Waals surface area contributed by atoms with Gasteiger partial charge in [0.2, 0.25) is 0 Å². The van der Waals surface area contributed by atoms with Crippen LogP contribution < -0.4 is 0 Å². The molecule has 4 heterocycles. The maximum atomic E-state index is 10.7. The number of fused-ring (bicyclic) bond motifs is 1. The normalized spacial score (nSPS) is 29.4. The first-order chi connectivity index (χ1) is 12.0. The molecule has 130 valence electrons. The zero-order chi connectivity index (χ0) is 17.6. The van der Waals surface area contributed by atoms with Gasteiger partial charge in [0.1, 0.15) is 29.8 Å². The number of aromatic nitrogens is 4. The van der Waals surface area contributed by atoms with Crippen molar-refractivity contribution < 1.29 is 20.1 Å². The molecule has 1 fully saturated rings. The van der Waals surface area contributed by atoms with Crippen LogP contribution in [0.3, 0.4) is 0 Å². The Labute approximate surface area is 143 Å². The predicted molar refractivity (Wildman–Crippen MR) is 88.4 cm³/mol. The third kappa shape index (κ3) is 2.42. The van der Waals surface area contributed by atoms with Crippen molar-refractivity contribution >= 4 is 11.0 Å². The Morgan fingerprint density at radius 3 is 2.84 bits per heavy atom. The molecule has 25 heavy (non-hydrogen) atoms. The van der Waals surface area contributed by atoms with Crippen LogP contribution in [-0.2, 0) is 4.74 Å². The Morgan fingerprint density at radius 2 is 2.16 bits per heavy atom. The van der Waals surface area contributed by atoms with E-state index in [-0.39, 0.29) is 6.61 Å². The van der Waals surface area contributed by atoms with E-state index in [1.54, 1.807) is 23.2 Å². The number of aliphatic hydroxyl groups is 3. The van der Waals surface area contributed by atoms with Crippen molar-refractivity contribution in [2.75, 3.05) is 6.61 Å². The molecule has 0 radical (unpaired) electrons. The summed E-state index contributed by atoms with van der Waals surface area (Å²) in [5.74, 6) is 0. The first kappa shape index (κ1) is 16.1. The maximum Gasteiger partial charge on any atom is 0.167 e. The van der Waals surface area contributed by atoms with Gasteiger partial charge in [0, 0.05) is 29.5 Å². The SMILES string of the molecule is C[C@@]1(O)[C@H](O)[C@@H](CO)O[C@H]1n1ccc2c(-c3cccnc3)ncnc21. The number of aliphatic hydroxyl groups excluding tert-OH is 2. The lowest BCUT2D eigenvalue weighted by molar-refractivity contribution is -0.0948. The van der Waals surface area contributed by atoms with E-state index < -0.39 is 24.0 Å². The Hall–Kier alpha value is -2.39. The van der Waals surface area contributed by atoms with Crippen LogP contribution in [0.2, 0.25) is 0 Å². The second-order valence-corrected chi connectivity index (χ2v) is 6.30. The van der Waals surface area contributed by atoms with E-state index in [1.807, 2.05) is 18.2 Å². The summed E-state index contributed by atoms with van der Waals surface area (Å²) in [6.07, 6.45) is 3.61. The van der Waals surface area contributed by atoms with Crippen LogP contribution >= 0.6 is 0 Å². The molecule has 0 aromatic carbocycles. The minimum atomic E-state index is -1.57. The molecular formula is C17H18N4O4. The summed E-state index contributed by atoms with van der Waals surface area (Å²) >= 11 is 0. The zero-order valence-corrected chi connectivity index (χ0v) is 13.5. The molecule has 1 aliphatic heterocycles. The average molecular weight is 342 g/mol. The van der Waals surface area contributed by atoms with Crippen LogP contribution in [0.4, 0.5) is 0 Å². The minimum Gasteiger partial charge on any atom is -0.394 e. The average Bonchev–Trinajstić information content (AvgIpc) is 3.15. The summed E-state index contributed by atoms with van der Waals surface area (Å²) < 4.78 is 7.32. The highest BCUT2D eigenvalue weighted by Gasteiger charge is 2.53. The predicted octanol–water partition coefficient (Wildman–Crippen LogP) is 0.495. The Morgan fingerprint density at radius 1 is 1.32 bits per heavy atom. The van der Waals surface area contributed by atoms with Gasteiger partial charge in [-0.05, 0) is 25.1 Å². The first-order valence-electron chi connectivity index (χ1n) is 7.92. The van der Waals surface area contributed by atoms with Crippen molar-refractivity contribution in [3.05, 3.63) is 43.1 Å². The zero-order valence-electron chi connectivity index (χ0n) is 13.5. The van der Waals surface area contributed by atoms with Gasteiger partial charge in [0.05, 0.1) is 12.3 Å². The van der Waals surface area contributed by atoms with E-state index in [4.69, 9.17) is 4.74 Å². The lowest BCUT2D eigenvalue weighted by Crippen LogP contribution is -2.44. The van der Waals surface area contributed by atoms with Crippen LogP contribution in [0.1, 0.15) is 13.2 Å². The Kier molecular flexibility index (Phi) is 3.77. The smallest absolute Gasteiger partial charge is 0.167 e. The quantitative estimate of drug-likeness (QED) is 0.635. The van der Waals surface area contributed by atoms with Crippen LogP contribution in [0.25, 0.3) is 22.3 Å². The molecule has 8 nitrogen and oxygen atoms in total. The fourth-order valence-electron chi connectivity index (χ4n) is 3.28. The van der Waals surface area contributed by atoms with Crippen molar-refractivity contribution in [3.8, 4) is 11.3 Å². The largest absolute Gasteiger partial charge is 0.394 e. The third-order valence-corrected chi connectivity index (χ3v) is 4.63. The molecule has 8 heteroatoms. The van der Waals surface area contributed by atoms with Gasteiger partial charge in [-0.25, -0.2) is 9.97 Å². The van der Waals surface area contributed by atoms with Gasteiger partial charge >= 0.3 is 0 Å². The molecular weight excluding hydrogens is 324 g/mol. The Balaban J connectivity index is 1.83. The number of ether oxygens (including phenoxy) is 1. The van der Waals surface area contributed by atoms with E-state index in [9.17, 15) is 15.3 Å². The van der Waals surface area contributed by atoms with Crippen molar-refractivity contribution in [1.29, 1.82) is 0 Å². The molecule has 0 bridgehead atoms. The molecule has 3 aromatic rings. The highest BCUT2D eigenvalue weighted by Crippen LogP contribution is 2.40. The Bertz CT molecular complexity index is 896. The number of rotatable bonds is 3. The maximum absolute atomic E-state index is 10.7. The number of hydrogen-bond donors (Lipinski definition) is 3. The summed E-state index contributed by atoms with van der Waals surface area (Å²) in [6.45, 7) is 1.09. The lowest BCUT2D eigenvalue weighted by atomic mass is 9.96. The first-order valence-corrected chi connectivity index (χ1v) is 7.92. The van der Waals surface area contributed by atoms with Gasteiger partial charge < -0.3 is 24.6 Å². The number of pyridine rings is 1. The van der Waals surface area contributed by atoms with Crippen molar-refractivity contribution in [2.24, 2.45) is 0 Å². The second-order valence-electron chi connectivity index (χ2n) is 6.30. The molecule has 0 aliphatic carbocycles. The molecule has 4 rings (SSSR count). The molecule has 3 aromatic heterocycles. The van der Waals surface area contributed by atoms with Gasteiger partial charge in [-0.1, -0.05) is 0 Å². The second kappa shape index (κ2) is 5.85. The van der Waals surface area contributed by atoms with Crippen LogP contribution in [-0.4, -0.2) is 59.3 Å². The van der Waals surface area contributed by atoms with E-state index in [0.717, 1.165) is 10.9 Å². The van der Waals surface area contributed by atoms with Crippen LogP contribution in [0.15, 0.2) is 43.1 Å². The van der Waals surface area contributed by atoms with Gasteiger partial charge in [0.25, 0.3) is 0 Å². The molecule has 0 unspecified atom stereocenters. The van der Waals surface area contributed by atoms with Crippen molar-refractivity contribution in [2.45, 2.75) is 31.0 Å². The van der Waals surface area contributed by atoms with Gasteiger partial charge in [-0.2, -0.15) is 0 Å². The minimum absolute atomic E-state index is 0.386. The summed E-state index contributed by atoms with van der Waals surface area (Å²) in [5, 5.41) is 31.0. The lowest BCUT2D eigenvalue weighted by Gasteiger charge is -2.27. The molecule has 4 atom stereocenters. The standard InChI is InChI=1S/C17H18N4O4/c1-17(24)14(23)12(8-22)25-16(17)21-6-4-11-13(19-9-20-15(11)21)10-3-2-5-18-7-10/h2-7,9,12,14,16,22-24H,8H2,1H3/t12-,14-,16-,17-/m1/s1. The van der Waals surface area contributed by atoms with Crippen molar-refractivity contribution in [3.63, 3.8) is 0 Å². The summed E-state index contributed by atoms with van der Waals surface area (Å²) in [5.41, 5.74) is 0.553. The number of nitrogens with zero attached hydrogens (tertiary/aromatic N) is 4. The molecule has 3 N–H and O–H groups in total. The molecule has 1 aliphatic rings. The molecule has 0 spiro atoms. The van der Waals surface area contributed by atoms with Gasteiger partial charge in [0.15, 0.2) is 6.23 Å². The number of hydrogen-bond acceptors (Lipinski definition) is 7. The van der Waals surface area contributed by atoms with Crippen molar-refractivity contribution in [1.82, 2.24) is 19.5 Å². The van der Waals surface area contributed by atoms with E-state index in [2.05, 4.69) is 15.0 Å². The van der Waals surface area contributed by atoms with E-state index in [1.165, 1.54) is 13.3 Å². The van der Waals surface area contributed by atoms with Crippen LogP contribution in [0, 0.1) is 0 Å². The van der Waals surface area contributed by atoms with Gasteiger partial charge in [-0.3, -0.25) is 4.98 Å². The van der Waals surface area contributed by atoms with E-state index in [0.29, 0.717) is 11.3 Å². The monoisotopic (exact) mass is 342 g/mol. The highest BCUT2D eigenvalue weighted by molar-refractivity contribution is 5.90. The van der Waals surface area contributed by atoms with Gasteiger partial charge in [-0.15, -0.1) is 0 Å².